The number of methoxy groups -OCH3 is 1. The van der Waals surface area contributed by atoms with Crippen molar-refractivity contribution in [3.05, 3.63) is 34.4 Å². The zero-order valence-electron chi connectivity index (χ0n) is 11.2. The molecule has 0 unspecified atom stereocenters. The van der Waals surface area contributed by atoms with Crippen molar-refractivity contribution in [2.75, 3.05) is 7.11 Å². The molecule has 0 aliphatic carbocycles. The Hall–Kier alpha value is -1.88. The van der Waals surface area contributed by atoms with Crippen LogP contribution in [0.2, 0.25) is 5.15 Å². The molecule has 0 saturated carbocycles. The van der Waals surface area contributed by atoms with Crippen LogP contribution in [0, 0.1) is 13.8 Å². The summed E-state index contributed by atoms with van der Waals surface area (Å²) in [4.78, 5) is 15.6. The first-order chi connectivity index (χ1) is 8.95. The molecule has 0 saturated heterocycles. The van der Waals surface area contributed by atoms with E-state index in [-0.39, 0.29) is 5.69 Å². The topological polar surface area (TPSA) is 57.0 Å². The van der Waals surface area contributed by atoms with Gasteiger partial charge in [-0.1, -0.05) is 11.6 Å². The van der Waals surface area contributed by atoms with E-state index in [9.17, 15) is 4.79 Å². The fourth-order valence-electron chi connectivity index (χ4n) is 1.83. The van der Waals surface area contributed by atoms with Crippen molar-refractivity contribution in [2.45, 2.75) is 13.8 Å². The van der Waals surface area contributed by atoms with Crippen molar-refractivity contribution in [3.63, 3.8) is 0 Å². The molecule has 2 aromatic heterocycles. The molecule has 2 aromatic rings. The molecule has 0 atom stereocenters. The van der Waals surface area contributed by atoms with Gasteiger partial charge in [-0.05, 0) is 31.0 Å². The van der Waals surface area contributed by atoms with E-state index in [1.54, 1.807) is 16.9 Å². The van der Waals surface area contributed by atoms with Gasteiger partial charge in [-0.15, -0.1) is 0 Å². The second-order valence-corrected chi connectivity index (χ2v) is 4.59. The fraction of sp³-hybridized carbons (Fsp3) is 0.308. The van der Waals surface area contributed by atoms with Crippen molar-refractivity contribution in [1.29, 1.82) is 0 Å². The molecule has 0 amide bonds. The number of hydrogen-bond acceptors (Lipinski definition) is 4. The van der Waals surface area contributed by atoms with E-state index in [1.807, 2.05) is 20.9 Å². The molecule has 100 valence electrons. The summed E-state index contributed by atoms with van der Waals surface area (Å²) in [5.41, 5.74) is 3.75. The summed E-state index contributed by atoms with van der Waals surface area (Å²) in [6.07, 6.45) is 1.75. The SMILES string of the molecule is COC(=O)c1cc(-c2cnn(C)c2C)c(C)c(Cl)n1. The average molecular weight is 280 g/mol. The van der Waals surface area contributed by atoms with Gasteiger partial charge in [0.1, 0.15) is 5.15 Å². The highest BCUT2D eigenvalue weighted by Crippen LogP contribution is 2.30. The normalized spacial score (nSPS) is 10.6. The lowest BCUT2D eigenvalue weighted by atomic mass is 10.0. The van der Waals surface area contributed by atoms with Gasteiger partial charge in [0.2, 0.25) is 0 Å². The first-order valence-electron chi connectivity index (χ1n) is 5.70. The Balaban J connectivity index is 2.66. The molecule has 6 heteroatoms. The molecular formula is C13H14ClN3O2. The Morgan fingerprint density at radius 3 is 2.58 bits per heavy atom. The van der Waals surface area contributed by atoms with Crippen LogP contribution >= 0.6 is 11.6 Å². The third-order valence-corrected chi connectivity index (χ3v) is 3.50. The fourth-order valence-corrected chi connectivity index (χ4v) is 2.02. The van der Waals surface area contributed by atoms with Crippen molar-refractivity contribution < 1.29 is 9.53 Å². The maximum atomic E-state index is 11.6. The molecule has 5 nitrogen and oxygen atoms in total. The summed E-state index contributed by atoms with van der Waals surface area (Å²) in [7, 11) is 3.17. The summed E-state index contributed by atoms with van der Waals surface area (Å²) in [5.74, 6) is -0.510. The van der Waals surface area contributed by atoms with Gasteiger partial charge in [-0.2, -0.15) is 5.10 Å². The highest BCUT2D eigenvalue weighted by atomic mass is 35.5. The van der Waals surface area contributed by atoms with Crippen LogP contribution in [0.25, 0.3) is 11.1 Å². The summed E-state index contributed by atoms with van der Waals surface area (Å²) in [6, 6.07) is 1.68. The third-order valence-electron chi connectivity index (χ3n) is 3.13. The molecule has 0 aliphatic heterocycles. The molecule has 0 fully saturated rings. The minimum absolute atomic E-state index is 0.191. The number of carbonyl (C=O) groups excluding carboxylic acids is 1. The maximum absolute atomic E-state index is 11.6. The highest BCUT2D eigenvalue weighted by Gasteiger charge is 2.17. The minimum atomic E-state index is -0.510. The lowest BCUT2D eigenvalue weighted by Crippen LogP contribution is -2.06. The Bertz CT molecular complexity index is 650. The quantitative estimate of drug-likeness (QED) is 0.626. The number of ether oxygens (including phenoxy) is 1. The Labute approximate surface area is 116 Å². The van der Waals surface area contributed by atoms with E-state index in [0.29, 0.717) is 5.15 Å². The number of hydrogen-bond donors (Lipinski definition) is 0. The molecule has 2 rings (SSSR count). The Kier molecular flexibility index (Phi) is 3.57. The van der Waals surface area contributed by atoms with Crippen LogP contribution < -0.4 is 0 Å². The molecule has 0 aliphatic rings. The number of pyridine rings is 1. The van der Waals surface area contributed by atoms with Gasteiger partial charge >= 0.3 is 5.97 Å². The number of nitrogens with zero attached hydrogens (tertiary/aromatic N) is 3. The van der Waals surface area contributed by atoms with Crippen LogP contribution in [0.4, 0.5) is 0 Å². The van der Waals surface area contributed by atoms with Gasteiger partial charge in [0, 0.05) is 18.3 Å². The molecule has 0 radical (unpaired) electrons. The van der Waals surface area contributed by atoms with Crippen LogP contribution in [0.5, 0.6) is 0 Å². The zero-order valence-corrected chi connectivity index (χ0v) is 11.9. The van der Waals surface area contributed by atoms with Crippen molar-refractivity contribution >= 4 is 17.6 Å². The second kappa shape index (κ2) is 5.01. The average Bonchev–Trinajstić information content (AvgIpc) is 2.72. The number of rotatable bonds is 2. The predicted molar refractivity (Wildman–Crippen MR) is 72.3 cm³/mol. The number of aryl methyl sites for hydroxylation is 1. The van der Waals surface area contributed by atoms with Crippen molar-refractivity contribution in [1.82, 2.24) is 14.8 Å². The van der Waals surface area contributed by atoms with Gasteiger partial charge in [-0.3, -0.25) is 4.68 Å². The van der Waals surface area contributed by atoms with Crippen LogP contribution in [0.1, 0.15) is 21.7 Å². The molecular weight excluding hydrogens is 266 g/mol. The third kappa shape index (κ3) is 2.33. The first kappa shape index (κ1) is 13.5. The standard InChI is InChI=1S/C13H14ClN3O2/c1-7-9(10-6-15-17(3)8(10)2)5-11(13(18)19-4)16-12(7)14/h5-6H,1-4H3. The lowest BCUT2D eigenvalue weighted by molar-refractivity contribution is 0.0594. The molecule has 19 heavy (non-hydrogen) atoms. The van der Waals surface area contributed by atoms with Gasteiger partial charge < -0.3 is 4.74 Å². The van der Waals surface area contributed by atoms with E-state index in [0.717, 1.165) is 22.4 Å². The Morgan fingerprint density at radius 2 is 2.05 bits per heavy atom. The van der Waals surface area contributed by atoms with Crippen LogP contribution in [0.3, 0.4) is 0 Å². The van der Waals surface area contributed by atoms with Crippen LogP contribution in [-0.2, 0) is 11.8 Å². The van der Waals surface area contributed by atoms with E-state index in [2.05, 4.69) is 14.8 Å². The predicted octanol–water partition coefficient (Wildman–Crippen LogP) is 2.54. The van der Waals surface area contributed by atoms with Gasteiger partial charge in [0.05, 0.1) is 13.3 Å². The van der Waals surface area contributed by atoms with E-state index in [1.165, 1.54) is 7.11 Å². The van der Waals surface area contributed by atoms with E-state index >= 15 is 0 Å². The monoisotopic (exact) mass is 279 g/mol. The maximum Gasteiger partial charge on any atom is 0.356 e. The molecule has 0 spiro atoms. The first-order valence-corrected chi connectivity index (χ1v) is 6.08. The second-order valence-electron chi connectivity index (χ2n) is 4.23. The largest absolute Gasteiger partial charge is 0.464 e. The summed E-state index contributed by atoms with van der Waals surface area (Å²) >= 11 is 6.08. The molecule has 0 aromatic carbocycles. The van der Waals surface area contributed by atoms with Crippen LogP contribution in [0.15, 0.2) is 12.3 Å². The lowest BCUT2D eigenvalue weighted by Gasteiger charge is -2.09. The van der Waals surface area contributed by atoms with Crippen LogP contribution in [-0.4, -0.2) is 27.8 Å². The highest BCUT2D eigenvalue weighted by molar-refractivity contribution is 6.30. The number of halogens is 1. The summed E-state index contributed by atoms with van der Waals surface area (Å²) in [5, 5.41) is 4.49. The number of esters is 1. The van der Waals surface area contributed by atoms with Gasteiger partial charge in [0.25, 0.3) is 0 Å². The Morgan fingerprint density at radius 1 is 1.37 bits per heavy atom. The smallest absolute Gasteiger partial charge is 0.356 e. The van der Waals surface area contributed by atoms with Crippen molar-refractivity contribution in [3.8, 4) is 11.1 Å². The van der Waals surface area contributed by atoms with E-state index in [4.69, 9.17) is 11.6 Å². The number of aromatic nitrogens is 3. The minimum Gasteiger partial charge on any atom is -0.464 e. The number of carbonyl (C=O) groups is 1. The molecule has 2 heterocycles. The molecule has 0 N–H and O–H groups in total. The van der Waals surface area contributed by atoms with Crippen molar-refractivity contribution in [2.24, 2.45) is 7.05 Å². The van der Waals surface area contributed by atoms with Gasteiger partial charge in [0.15, 0.2) is 5.69 Å². The zero-order chi connectivity index (χ0) is 14.2. The summed E-state index contributed by atoms with van der Waals surface area (Å²) < 4.78 is 6.44. The summed E-state index contributed by atoms with van der Waals surface area (Å²) in [6.45, 7) is 3.81. The van der Waals surface area contributed by atoms with Gasteiger partial charge in [-0.25, -0.2) is 9.78 Å². The van der Waals surface area contributed by atoms with E-state index < -0.39 is 5.97 Å². The molecule has 0 bridgehead atoms.